The maximum atomic E-state index is 14.1. The summed E-state index contributed by atoms with van der Waals surface area (Å²) >= 11 is 3.40. The Labute approximate surface area is 127 Å². The van der Waals surface area contributed by atoms with Crippen molar-refractivity contribution in [2.45, 2.75) is 19.5 Å². The van der Waals surface area contributed by atoms with Gasteiger partial charge in [-0.2, -0.15) is 0 Å². The van der Waals surface area contributed by atoms with Gasteiger partial charge < -0.3 is 10.6 Å². The minimum absolute atomic E-state index is 0.157. The average molecular weight is 337 g/mol. The van der Waals surface area contributed by atoms with E-state index in [0.29, 0.717) is 12.2 Å². The highest BCUT2D eigenvalue weighted by Crippen LogP contribution is 2.23. The molecule has 2 aromatic carbocycles. The predicted molar refractivity (Wildman–Crippen MR) is 85.3 cm³/mol. The van der Waals surface area contributed by atoms with E-state index >= 15 is 0 Å². The molecule has 4 heteroatoms. The number of hydrogen-bond acceptors (Lipinski definition) is 2. The molecule has 2 aromatic rings. The van der Waals surface area contributed by atoms with Crippen LogP contribution in [0.15, 0.2) is 46.9 Å². The van der Waals surface area contributed by atoms with Gasteiger partial charge in [0.2, 0.25) is 0 Å². The van der Waals surface area contributed by atoms with E-state index in [4.69, 9.17) is 5.73 Å². The molecule has 0 aliphatic heterocycles. The highest BCUT2D eigenvalue weighted by molar-refractivity contribution is 9.10. The van der Waals surface area contributed by atoms with Gasteiger partial charge in [-0.25, -0.2) is 4.39 Å². The molecule has 0 saturated heterocycles. The Morgan fingerprint density at radius 2 is 1.85 bits per heavy atom. The van der Waals surface area contributed by atoms with Crippen molar-refractivity contribution in [2.75, 3.05) is 11.9 Å². The molecule has 0 radical (unpaired) electrons. The van der Waals surface area contributed by atoms with E-state index < -0.39 is 0 Å². The van der Waals surface area contributed by atoms with E-state index in [9.17, 15) is 4.39 Å². The molecule has 2 N–H and O–H groups in total. The molecule has 20 heavy (non-hydrogen) atoms. The highest BCUT2D eigenvalue weighted by atomic mass is 79.9. The summed E-state index contributed by atoms with van der Waals surface area (Å²) in [7, 11) is 1.88. The molecule has 0 heterocycles. The summed E-state index contributed by atoms with van der Waals surface area (Å²) in [6.45, 7) is 2.50. The van der Waals surface area contributed by atoms with Crippen LogP contribution in [-0.4, -0.2) is 7.05 Å². The van der Waals surface area contributed by atoms with Crippen molar-refractivity contribution in [3.8, 4) is 0 Å². The van der Waals surface area contributed by atoms with Crippen molar-refractivity contribution in [3.05, 3.63) is 63.9 Å². The molecule has 0 amide bonds. The maximum absolute atomic E-state index is 14.1. The lowest BCUT2D eigenvalue weighted by Gasteiger charge is -2.21. The Balaban J connectivity index is 2.16. The Morgan fingerprint density at radius 1 is 1.20 bits per heavy atom. The topological polar surface area (TPSA) is 29.3 Å². The third-order valence-corrected chi connectivity index (χ3v) is 3.77. The number of hydrogen-bond donors (Lipinski definition) is 1. The zero-order chi connectivity index (χ0) is 14.7. The van der Waals surface area contributed by atoms with Gasteiger partial charge in [-0.05, 0) is 42.3 Å². The van der Waals surface area contributed by atoms with E-state index in [0.717, 1.165) is 15.6 Å². The van der Waals surface area contributed by atoms with E-state index in [-0.39, 0.29) is 11.9 Å². The Hall–Kier alpha value is -1.39. The summed E-state index contributed by atoms with van der Waals surface area (Å²) < 4.78 is 15.2. The first-order valence-electron chi connectivity index (χ1n) is 6.48. The molecule has 0 bridgehead atoms. The van der Waals surface area contributed by atoms with Gasteiger partial charge in [0.05, 0.1) is 5.69 Å². The van der Waals surface area contributed by atoms with Crippen LogP contribution in [-0.2, 0) is 6.54 Å². The normalized spacial score (nSPS) is 12.2. The van der Waals surface area contributed by atoms with Crippen LogP contribution in [0.4, 0.5) is 10.1 Å². The number of halogens is 2. The second kappa shape index (κ2) is 6.37. The number of benzene rings is 2. The number of nitrogens with two attached hydrogens (primary N) is 1. The van der Waals surface area contributed by atoms with Crippen LogP contribution in [0.2, 0.25) is 0 Å². The number of rotatable bonds is 4. The molecule has 2 rings (SSSR count). The van der Waals surface area contributed by atoms with Crippen LogP contribution < -0.4 is 10.6 Å². The molecule has 1 atom stereocenters. The quantitative estimate of drug-likeness (QED) is 0.904. The lowest BCUT2D eigenvalue weighted by molar-refractivity contribution is 0.617. The molecule has 0 aliphatic rings. The molecule has 1 unspecified atom stereocenters. The fraction of sp³-hybridized carbons (Fsp3) is 0.250. The zero-order valence-electron chi connectivity index (χ0n) is 11.6. The van der Waals surface area contributed by atoms with Crippen LogP contribution in [0.1, 0.15) is 24.1 Å². The molecular formula is C16H18BrFN2. The number of anilines is 1. The first kappa shape index (κ1) is 15.0. The summed E-state index contributed by atoms with van der Waals surface area (Å²) in [5, 5.41) is 0. The summed E-state index contributed by atoms with van der Waals surface area (Å²) in [5.74, 6) is -0.237. The van der Waals surface area contributed by atoms with Crippen molar-refractivity contribution < 1.29 is 4.39 Å². The van der Waals surface area contributed by atoms with Gasteiger partial charge in [-0.1, -0.05) is 34.1 Å². The van der Waals surface area contributed by atoms with Crippen molar-refractivity contribution in [1.29, 1.82) is 0 Å². The molecule has 0 fully saturated rings. The van der Waals surface area contributed by atoms with Gasteiger partial charge in [0.25, 0.3) is 0 Å². The van der Waals surface area contributed by atoms with E-state index in [1.165, 1.54) is 6.07 Å². The van der Waals surface area contributed by atoms with Gasteiger partial charge in [-0.3, -0.25) is 0 Å². The SMILES string of the molecule is CC(N)c1ccc(N(C)Cc2ccc(Br)cc2)c(F)c1. The molecule has 0 aromatic heterocycles. The van der Waals surface area contributed by atoms with E-state index in [1.807, 2.05) is 49.2 Å². The summed E-state index contributed by atoms with van der Waals surface area (Å²) in [5.41, 5.74) is 8.28. The lowest BCUT2D eigenvalue weighted by atomic mass is 10.1. The van der Waals surface area contributed by atoms with Crippen molar-refractivity contribution in [2.24, 2.45) is 5.73 Å². The first-order valence-corrected chi connectivity index (χ1v) is 7.27. The minimum atomic E-state index is -0.237. The second-order valence-electron chi connectivity index (χ2n) is 4.98. The van der Waals surface area contributed by atoms with Crippen molar-refractivity contribution in [3.63, 3.8) is 0 Å². The first-order chi connectivity index (χ1) is 9.47. The van der Waals surface area contributed by atoms with E-state index in [1.54, 1.807) is 6.07 Å². The standard InChI is InChI=1S/C16H18BrFN2/c1-11(19)13-5-8-16(15(18)9-13)20(2)10-12-3-6-14(17)7-4-12/h3-9,11H,10,19H2,1-2H3. The third kappa shape index (κ3) is 3.58. The Kier molecular flexibility index (Phi) is 4.78. The van der Waals surface area contributed by atoms with Crippen LogP contribution in [0.25, 0.3) is 0 Å². The second-order valence-corrected chi connectivity index (χ2v) is 5.90. The van der Waals surface area contributed by atoms with Crippen LogP contribution in [0.5, 0.6) is 0 Å². The van der Waals surface area contributed by atoms with Gasteiger partial charge in [0.1, 0.15) is 5.82 Å². The molecule has 0 spiro atoms. The molecule has 0 saturated carbocycles. The Morgan fingerprint density at radius 3 is 2.40 bits per heavy atom. The fourth-order valence-corrected chi connectivity index (χ4v) is 2.33. The number of nitrogens with zero attached hydrogens (tertiary/aromatic N) is 1. The molecule has 2 nitrogen and oxygen atoms in total. The highest BCUT2D eigenvalue weighted by Gasteiger charge is 2.10. The minimum Gasteiger partial charge on any atom is -0.368 e. The molecule has 106 valence electrons. The monoisotopic (exact) mass is 336 g/mol. The van der Waals surface area contributed by atoms with Crippen molar-refractivity contribution in [1.82, 2.24) is 0 Å². The lowest BCUT2D eigenvalue weighted by Crippen LogP contribution is -2.18. The fourth-order valence-electron chi connectivity index (χ4n) is 2.06. The van der Waals surface area contributed by atoms with Crippen molar-refractivity contribution >= 4 is 21.6 Å². The molecule has 0 aliphatic carbocycles. The summed E-state index contributed by atoms with van der Waals surface area (Å²) in [4.78, 5) is 1.89. The van der Waals surface area contributed by atoms with E-state index in [2.05, 4.69) is 15.9 Å². The van der Waals surface area contributed by atoms with Crippen LogP contribution in [0, 0.1) is 5.82 Å². The third-order valence-electron chi connectivity index (χ3n) is 3.24. The van der Waals surface area contributed by atoms with Gasteiger partial charge in [-0.15, -0.1) is 0 Å². The van der Waals surface area contributed by atoms with Crippen LogP contribution >= 0.6 is 15.9 Å². The zero-order valence-corrected chi connectivity index (χ0v) is 13.2. The van der Waals surface area contributed by atoms with Gasteiger partial charge in [0, 0.05) is 24.1 Å². The van der Waals surface area contributed by atoms with Gasteiger partial charge >= 0.3 is 0 Å². The predicted octanol–water partition coefficient (Wildman–Crippen LogP) is 4.24. The summed E-state index contributed by atoms with van der Waals surface area (Å²) in [6.07, 6.45) is 0. The summed E-state index contributed by atoms with van der Waals surface area (Å²) in [6, 6.07) is 13.0. The molecular weight excluding hydrogens is 319 g/mol. The smallest absolute Gasteiger partial charge is 0.146 e. The van der Waals surface area contributed by atoms with Crippen LogP contribution in [0.3, 0.4) is 0 Å². The largest absolute Gasteiger partial charge is 0.368 e. The Bertz CT molecular complexity index is 582. The van der Waals surface area contributed by atoms with Gasteiger partial charge in [0.15, 0.2) is 0 Å². The average Bonchev–Trinajstić information content (AvgIpc) is 2.41. The maximum Gasteiger partial charge on any atom is 0.146 e.